The minimum Gasteiger partial charge on any atom is -0.346 e. The number of Topliss-reactive ketones (excluding diaryl/α,β-unsaturated/α-hetero) is 1. The Morgan fingerprint density at radius 1 is 0.949 bits per heavy atom. The third-order valence-electron chi connectivity index (χ3n) is 8.28. The summed E-state index contributed by atoms with van der Waals surface area (Å²) in [5, 5.41) is 3.02. The number of alkyl halides is 6. The van der Waals surface area contributed by atoms with E-state index in [9.17, 15) is 35.9 Å². The molecule has 1 saturated heterocycles. The summed E-state index contributed by atoms with van der Waals surface area (Å²) in [6.07, 6.45) is -6.77. The third-order valence-corrected chi connectivity index (χ3v) is 8.28. The average Bonchev–Trinajstić information content (AvgIpc) is 2.89. The number of carbonyl (C=O) groups is 2. The van der Waals surface area contributed by atoms with Gasteiger partial charge in [0.1, 0.15) is 5.78 Å². The Labute approximate surface area is 223 Å². The van der Waals surface area contributed by atoms with Crippen molar-refractivity contribution in [2.75, 3.05) is 13.1 Å². The Morgan fingerprint density at radius 2 is 1.51 bits per heavy atom. The van der Waals surface area contributed by atoms with E-state index in [1.54, 1.807) is 0 Å². The van der Waals surface area contributed by atoms with Crippen molar-refractivity contribution in [3.8, 4) is 0 Å². The van der Waals surface area contributed by atoms with Crippen LogP contribution in [0.1, 0.15) is 74.1 Å². The lowest BCUT2D eigenvalue weighted by Crippen LogP contribution is -2.54. The highest BCUT2D eigenvalue weighted by molar-refractivity contribution is 5.84. The summed E-state index contributed by atoms with van der Waals surface area (Å²) >= 11 is 0. The maximum Gasteiger partial charge on any atom is 0.416 e. The van der Waals surface area contributed by atoms with Crippen molar-refractivity contribution in [3.63, 3.8) is 0 Å². The maximum absolute atomic E-state index is 13.4. The van der Waals surface area contributed by atoms with E-state index in [0.29, 0.717) is 44.4 Å². The molecule has 1 aliphatic heterocycles. The molecule has 4 nitrogen and oxygen atoms in total. The van der Waals surface area contributed by atoms with Crippen LogP contribution in [0, 0.1) is 5.92 Å². The van der Waals surface area contributed by atoms with Gasteiger partial charge in [0, 0.05) is 12.0 Å². The van der Waals surface area contributed by atoms with Gasteiger partial charge in [0.2, 0.25) is 5.91 Å². The van der Waals surface area contributed by atoms with Crippen molar-refractivity contribution in [2.45, 2.75) is 75.8 Å². The van der Waals surface area contributed by atoms with Crippen LogP contribution in [0.3, 0.4) is 0 Å². The van der Waals surface area contributed by atoms with Crippen molar-refractivity contribution in [3.05, 3.63) is 70.8 Å². The molecule has 2 aromatic rings. The van der Waals surface area contributed by atoms with Gasteiger partial charge in [-0.15, -0.1) is 0 Å². The number of ketones is 1. The van der Waals surface area contributed by atoms with Crippen molar-refractivity contribution in [2.24, 2.45) is 5.92 Å². The summed E-state index contributed by atoms with van der Waals surface area (Å²) in [5.74, 6) is -1.65. The molecule has 2 fully saturated rings. The highest BCUT2D eigenvalue weighted by Gasteiger charge is 2.42. The average molecular weight is 555 g/mol. The second-order valence-corrected chi connectivity index (χ2v) is 10.9. The van der Waals surface area contributed by atoms with Crippen LogP contribution < -0.4 is 5.32 Å². The van der Waals surface area contributed by atoms with Crippen molar-refractivity contribution >= 4 is 11.7 Å². The molecule has 1 aliphatic carbocycles. The number of nitrogens with zero attached hydrogens (tertiary/aromatic N) is 1. The molecule has 0 radical (unpaired) electrons. The van der Waals surface area contributed by atoms with Crippen LogP contribution >= 0.6 is 0 Å². The van der Waals surface area contributed by atoms with Crippen LogP contribution in [0.25, 0.3) is 0 Å². The van der Waals surface area contributed by atoms with E-state index in [0.717, 1.165) is 18.5 Å². The van der Waals surface area contributed by atoms with Gasteiger partial charge in [-0.25, -0.2) is 0 Å². The molecule has 0 spiro atoms. The molecule has 1 amide bonds. The Hall–Kier alpha value is -2.88. The number of carbonyl (C=O) groups excluding carboxylic acids is 2. The zero-order valence-electron chi connectivity index (χ0n) is 21.8. The minimum absolute atomic E-state index is 0.0442. The van der Waals surface area contributed by atoms with E-state index in [-0.39, 0.29) is 29.4 Å². The van der Waals surface area contributed by atoms with Gasteiger partial charge in [0.05, 0.1) is 29.1 Å². The van der Waals surface area contributed by atoms with Crippen LogP contribution in [-0.2, 0) is 27.5 Å². The lowest BCUT2D eigenvalue weighted by Gasteiger charge is -2.46. The fourth-order valence-corrected chi connectivity index (χ4v) is 5.70. The van der Waals surface area contributed by atoms with Gasteiger partial charge in [-0.2, -0.15) is 26.3 Å². The molecular formula is C29H32F6N2O2. The number of piperidine rings is 1. The predicted molar refractivity (Wildman–Crippen MR) is 134 cm³/mol. The van der Waals surface area contributed by atoms with E-state index < -0.39 is 40.8 Å². The molecule has 0 aromatic heterocycles. The number of hydrogen-bond donors (Lipinski definition) is 1. The van der Waals surface area contributed by atoms with Crippen molar-refractivity contribution in [1.82, 2.24) is 10.2 Å². The molecule has 4 rings (SSSR count). The maximum atomic E-state index is 13.4. The van der Waals surface area contributed by atoms with Crippen LogP contribution in [0.15, 0.2) is 48.5 Å². The molecule has 2 aromatic carbocycles. The molecule has 2 atom stereocenters. The number of hydrogen-bond acceptors (Lipinski definition) is 3. The molecule has 2 unspecified atom stereocenters. The molecule has 39 heavy (non-hydrogen) atoms. The highest BCUT2D eigenvalue weighted by atomic mass is 19.4. The number of nitrogens with one attached hydrogen (secondary N) is 1. The van der Waals surface area contributed by atoms with E-state index in [1.807, 2.05) is 37.3 Å². The zero-order chi connectivity index (χ0) is 28.6. The fraction of sp³-hybridized carbons (Fsp3) is 0.517. The quantitative estimate of drug-likeness (QED) is 0.419. The first kappa shape index (κ1) is 29.1. The summed E-state index contributed by atoms with van der Waals surface area (Å²) in [5.41, 5.74) is -3.25. The minimum atomic E-state index is -5.00. The Kier molecular flexibility index (Phi) is 8.17. The Bertz CT molecular complexity index is 1150. The number of likely N-dealkylation sites (tertiary alicyclic amines) is 1. The smallest absolute Gasteiger partial charge is 0.346 e. The van der Waals surface area contributed by atoms with Gasteiger partial charge < -0.3 is 5.32 Å². The fourth-order valence-electron chi connectivity index (χ4n) is 5.70. The molecule has 1 saturated carbocycles. The number of rotatable bonds is 5. The molecule has 2 aliphatic rings. The molecule has 10 heteroatoms. The molecule has 0 bridgehead atoms. The van der Waals surface area contributed by atoms with Crippen molar-refractivity contribution in [1.29, 1.82) is 0 Å². The molecule has 1 heterocycles. The number of halogens is 6. The van der Waals surface area contributed by atoms with Gasteiger partial charge >= 0.3 is 12.4 Å². The summed E-state index contributed by atoms with van der Waals surface area (Å²) in [6, 6.07) is 10.7. The highest BCUT2D eigenvalue weighted by Crippen LogP contribution is 2.41. The third kappa shape index (κ3) is 6.48. The topological polar surface area (TPSA) is 49.4 Å². The largest absolute Gasteiger partial charge is 0.416 e. The Morgan fingerprint density at radius 3 is 2.03 bits per heavy atom. The normalized spacial score (nSPS) is 25.8. The van der Waals surface area contributed by atoms with Gasteiger partial charge in [0.15, 0.2) is 0 Å². The summed E-state index contributed by atoms with van der Waals surface area (Å²) < 4.78 is 80.4. The second kappa shape index (κ2) is 10.9. The first-order chi connectivity index (χ1) is 18.2. The number of amides is 1. The van der Waals surface area contributed by atoms with Gasteiger partial charge in [-0.05, 0) is 74.9 Å². The van der Waals surface area contributed by atoms with Crippen LogP contribution in [0.5, 0.6) is 0 Å². The van der Waals surface area contributed by atoms with Crippen molar-refractivity contribution < 1.29 is 35.9 Å². The predicted octanol–water partition coefficient (Wildman–Crippen LogP) is 6.69. The summed E-state index contributed by atoms with van der Waals surface area (Å²) in [7, 11) is 0. The number of benzene rings is 2. The summed E-state index contributed by atoms with van der Waals surface area (Å²) in [6.45, 7) is 4.45. The van der Waals surface area contributed by atoms with E-state index >= 15 is 0 Å². The molecular weight excluding hydrogens is 522 g/mol. The summed E-state index contributed by atoms with van der Waals surface area (Å²) in [4.78, 5) is 27.9. The SMILES string of the molecule is CC1CCN(C2CCC(NC(=O)C(C)c3cc(C(F)(F)F)cc(C(F)(F)F)c3)(c3ccccc3)CC2)CC1=O. The molecule has 1 N–H and O–H groups in total. The van der Waals surface area contributed by atoms with Crippen LogP contribution in [-0.4, -0.2) is 35.7 Å². The zero-order valence-corrected chi connectivity index (χ0v) is 21.8. The second-order valence-electron chi connectivity index (χ2n) is 10.9. The lowest BCUT2D eigenvalue weighted by atomic mass is 9.73. The van der Waals surface area contributed by atoms with E-state index in [2.05, 4.69) is 10.2 Å². The van der Waals surface area contributed by atoms with E-state index in [1.165, 1.54) is 6.92 Å². The van der Waals surface area contributed by atoms with E-state index in [4.69, 9.17) is 0 Å². The lowest BCUT2D eigenvalue weighted by molar-refractivity contribution is -0.143. The molecule has 212 valence electrons. The van der Waals surface area contributed by atoms with Gasteiger partial charge in [-0.1, -0.05) is 37.3 Å². The Balaban J connectivity index is 1.58. The van der Waals surface area contributed by atoms with Crippen LogP contribution in [0.2, 0.25) is 0 Å². The monoisotopic (exact) mass is 554 g/mol. The first-order valence-corrected chi connectivity index (χ1v) is 13.1. The van der Waals surface area contributed by atoms with Crippen LogP contribution in [0.4, 0.5) is 26.3 Å². The van der Waals surface area contributed by atoms with Gasteiger partial charge in [-0.3, -0.25) is 14.5 Å². The first-order valence-electron chi connectivity index (χ1n) is 13.1. The van der Waals surface area contributed by atoms with Gasteiger partial charge in [0.25, 0.3) is 0 Å². The standard InChI is InChI=1S/C29H32F6N2O2/c1-18-10-13-37(17-25(18)38)24-8-11-27(12-9-24,21-6-4-3-5-7-21)36-26(39)19(2)20-14-22(28(30,31)32)16-23(15-20)29(33,34)35/h3-7,14-16,18-19,24H,8-13,17H2,1-2H3,(H,36,39).